The molecule has 0 unspecified atom stereocenters. The van der Waals surface area contributed by atoms with E-state index in [2.05, 4.69) is 24.0 Å². The highest BCUT2D eigenvalue weighted by atomic mass is 32.2. The van der Waals surface area contributed by atoms with Crippen LogP contribution in [0.2, 0.25) is 0 Å². The van der Waals surface area contributed by atoms with E-state index in [9.17, 15) is 4.79 Å². The van der Waals surface area contributed by atoms with Crippen LogP contribution in [0.4, 0.5) is 0 Å². The van der Waals surface area contributed by atoms with Crippen molar-refractivity contribution in [2.75, 3.05) is 5.75 Å². The van der Waals surface area contributed by atoms with E-state index in [1.54, 1.807) is 12.5 Å². The largest absolute Gasteiger partial charge is 0.467 e. The van der Waals surface area contributed by atoms with Crippen molar-refractivity contribution in [1.29, 1.82) is 0 Å². The molecule has 148 valence electrons. The molecule has 3 aromatic rings. The molecule has 28 heavy (non-hydrogen) atoms. The number of carbonyl (C=O) groups excluding carboxylic acids is 1. The summed E-state index contributed by atoms with van der Waals surface area (Å²) in [4.78, 5) is 14.9. The maximum absolute atomic E-state index is 12.9. The van der Waals surface area contributed by atoms with Gasteiger partial charge in [0.05, 0.1) is 24.8 Å². The van der Waals surface area contributed by atoms with Crippen molar-refractivity contribution in [3.05, 3.63) is 42.6 Å². The third-order valence-electron chi connectivity index (χ3n) is 5.16. The van der Waals surface area contributed by atoms with Crippen LogP contribution in [0.1, 0.15) is 38.9 Å². The second-order valence-electron chi connectivity index (χ2n) is 7.17. The van der Waals surface area contributed by atoms with E-state index in [1.807, 2.05) is 33.7 Å². The van der Waals surface area contributed by atoms with Gasteiger partial charge in [-0.15, -0.1) is 10.2 Å². The average Bonchev–Trinajstić information content (AvgIpc) is 3.43. The zero-order chi connectivity index (χ0) is 19.5. The molecule has 1 aliphatic heterocycles. The lowest BCUT2D eigenvalue weighted by Gasteiger charge is -2.39. The molecule has 7 nitrogen and oxygen atoms in total. The van der Waals surface area contributed by atoms with Gasteiger partial charge in [-0.05, 0) is 57.4 Å². The quantitative estimate of drug-likeness (QED) is 0.581. The molecule has 4 heterocycles. The molecule has 3 aromatic heterocycles. The highest BCUT2D eigenvalue weighted by Gasteiger charge is 2.29. The Bertz CT molecular complexity index is 894. The standard InChI is InChI=1S/C20H24N4O3S/c1-14-6-3-7-15(2)24(14)18(25)13-28-20-22-21-19(17-9-5-11-27-17)23(20)12-16-8-4-10-26-16/h4-5,8-11,14-15H,3,6-7,12-13H2,1-2H3/t14-,15+. The molecule has 0 aliphatic carbocycles. The number of hydrogen-bond acceptors (Lipinski definition) is 6. The van der Waals surface area contributed by atoms with Crippen molar-refractivity contribution >= 4 is 17.7 Å². The van der Waals surface area contributed by atoms with Crippen LogP contribution in [0.15, 0.2) is 50.8 Å². The lowest BCUT2D eigenvalue weighted by molar-refractivity contribution is -0.134. The Morgan fingerprint density at radius 2 is 1.89 bits per heavy atom. The van der Waals surface area contributed by atoms with Crippen LogP contribution in [0.3, 0.4) is 0 Å². The summed E-state index contributed by atoms with van der Waals surface area (Å²) in [6.07, 6.45) is 6.57. The molecule has 0 spiro atoms. The van der Waals surface area contributed by atoms with E-state index in [0.29, 0.717) is 29.0 Å². The van der Waals surface area contributed by atoms with Gasteiger partial charge in [0.2, 0.25) is 11.7 Å². The molecule has 4 rings (SSSR count). The fourth-order valence-electron chi connectivity index (χ4n) is 3.80. The monoisotopic (exact) mass is 400 g/mol. The predicted molar refractivity (Wildman–Crippen MR) is 106 cm³/mol. The molecule has 0 radical (unpaired) electrons. The van der Waals surface area contributed by atoms with Gasteiger partial charge < -0.3 is 13.7 Å². The molecule has 0 bridgehead atoms. The van der Waals surface area contributed by atoms with E-state index in [0.717, 1.165) is 18.6 Å². The van der Waals surface area contributed by atoms with Crippen LogP contribution in [-0.2, 0) is 11.3 Å². The van der Waals surface area contributed by atoms with Gasteiger partial charge in [-0.2, -0.15) is 0 Å². The highest BCUT2D eigenvalue weighted by molar-refractivity contribution is 7.99. The fourth-order valence-corrected chi connectivity index (χ4v) is 4.61. The third-order valence-corrected chi connectivity index (χ3v) is 6.11. The first-order valence-electron chi connectivity index (χ1n) is 9.57. The van der Waals surface area contributed by atoms with Crippen molar-refractivity contribution in [1.82, 2.24) is 19.7 Å². The van der Waals surface area contributed by atoms with Gasteiger partial charge in [0, 0.05) is 12.1 Å². The summed E-state index contributed by atoms with van der Waals surface area (Å²) < 4.78 is 12.9. The lowest BCUT2D eigenvalue weighted by atomic mass is 9.98. The Kier molecular flexibility index (Phi) is 5.57. The Labute approximate surface area is 168 Å². The van der Waals surface area contributed by atoms with E-state index >= 15 is 0 Å². The number of amides is 1. The van der Waals surface area contributed by atoms with Crippen LogP contribution < -0.4 is 0 Å². The molecule has 2 atom stereocenters. The minimum Gasteiger partial charge on any atom is -0.467 e. The first-order chi connectivity index (χ1) is 13.6. The van der Waals surface area contributed by atoms with Crippen molar-refractivity contribution in [2.45, 2.75) is 56.9 Å². The summed E-state index contributed by atoms with van der Waals surface area (Å²) in [6, 6.07) is 7.99. The summed E-state index contributed by atoms with van der Waals surface area (Å²) in [5.41, 5.74) is 0. The second-order valence-corrected chi connectivity index (χ2v) is 8.11. The van der Waals surface area contributed by atoms with Gasteiger partial charge in [-0.25, -0.2) is 0 Å². The van der Waals surface area contributed by atoms with Crippen molar-refractivity contribution in [3.8, 4) is 11.6 Å². The highest BCUT2D eigenvalue weighted by Crippen LogP contribution is 2.28. The van der Waals surface area contributed by atoms with Gasteiger partial charge in [0.25, 0.3) is 0 Å². The van der Waals surface area contributed by atoms with Crippen molar-refractivity contribution in [2.24, 2.45) is 0 Å². The number of carbonyl (C=O) groups is 1. The Morgan fingerprint density at radius 3 is 2.57 bits per heavy atom. The number of hydrogen-bond donors (Lipinski definition) is 0. The number of furan rings is 2. The van der Waals surface area contributed by atoms with Crippen molar-refractivity contribution < 1.29 is 13.6 Å². The first kappa shape index (κ1) is 18.9. The molecule has 0 saturated carbocycles. The maximum atomic E-state index is 12.9. The van der Waals surface area contributed by atoms with E-state index < -0.39 is 0 Å². The summed E-state index contributed by atoms with van der Waals surface area (Å²) in [5, 5.41) is 9.28. The zero-order valence-corrected chi connectivity index (χ0v) is 16.9. The molecular formula is C20H24N4O3S. The number of nitrogens with zero attached hydrogens (tertiary/aromatic N) is 4. The number of likely N-dealkylation sites (tertiary alicyclic amines) is 1. The zero-order valence-electron chi connectivity index (χ0n) is 16.1. The Morgan fingerprint density at radius 1 is 1.14 bits per heavy atom. The smallest absolute Gasteiger partial charge is 0.233 e. The number of piperidine rings is 1. The minimum absolute atomic E-state index is 0.150. The lowest BCUT2D eigenvalue weighted by Crippen LogP contribution is -2.48. The van der Waals surface area contributed by atoms with E-state index in [1.165, 1.54) is 18.2 Å². The summed E-state index contributed by atoms with van der Waals surface area (Å²) >= 11 is 1.41. The third kappa shape index (κ3) is 3.87. The van der Waals surface area contributed by atoms with Crippen LogP contribution in [0.25, 0.3) is 11.6 Å². The summed E-state index contributed by atoms with van der Waals surface area (Å²) in [5.74, 6) is 2.53. The van der Waals surface area contributed by atoms with Gasteiger partial charge >= 0.3 is 0 Å². The average molecular weight is 401 g/mol. The van der Waals surface area contributed by atoms with Gasteiger partial charge in [-0.1, -0.05) is 11.8 Å². The number of rotatable bonds is 6. The van der Waals surface area contributed by atoms with E-state index in [-0.39, 0.29) is 18.0 Å². The molecule has 8 heteroatoms. The van der Waals surface area contributed by atoms with Crippen LogP contribution in [0.5, 0.6) is 0 Å². The summed E-state index contributed by atoms with van der Waals surface area (Å²) in [6.45, 7) is 4.74. The topological polar surface area (TPSA) is 77.3 Å². The predicted octanol–water partition coefficient (Wildman–Crippen LogP) is 4.06. The molecular weight excluding hydrogens is 376 g/mol. The van der Waals surface area contributed by atoms with Gasteiger partial charge in [0.1, 0.15) is 5.76 Å². The molecule has 1 fully saturated rings. The Hall–Kier alpha value is -2.48. The second kappa shape index (κ2) is 8.26. The molecule has 0 N–H and O–H groups in total. The first-order valence-corrected chi connectivity index (χ1v) is 10.6. The Balaban J connectivity index is 1.53. The van der Waals surface area contributed by atoms with Crippen molar-refractivity contribution in [3.63, 3.8) is 0 Å². The normalized spacial score (nSPS) is 19.9. The minimum atomic E-state index is 0.150. The summed E-state index contributed by atoms with van der Waals surface area (Å²) in [7, 11) is 0. The van der Waals surface area contributed by atoms with Crippen LogP contribution >= 0.6 is 11.8 Å². The molecule has 0 aromatic carbocycles. The van der Waals surface area contributed by atoms with Gasteiger partial charge in [-0.3, -0.25) is 9.36 Å². The van der Waals surface area contributed by atoms with Gasteiger partial charge in [0.15, 0.2) is 10.9 Å². The SMILES string of the molecule is C[C@@H]1CCC[C@H](C)N1C(=O)CSc1nnc(-c2ccco2)n1Cc1ccco1. The molecule has 1 saturated heterocycles. The number of aromatic nitrogens is 3. The molecule has 1 amide bonds. The fraction of sp³-hybridized carbons (Fsp3) is 0.450. The number of thioether (sulfide) groups is 1. The van der Waals surface area contributed by atoms with Crippen LogP contribution in [0, 0.1) is 0 Å². The van der Waals surface area contributed by atoms with Crippen LogP contribution in [-0.4, -0.2) is 43.4 Å². The molecule has 1 aliphatic rings. The van der Waals surface area contributed by atoms with E-state index in [4.69, 9.17) is 8.83 Å². The maximum Gasteiger partial charge on any atom is 0.233 e.